The van der Waals surface area contributed by atoms with Gasteiger partial charge in [-0.25, -0.2) is 0 Å². The van der Waals surface area contributed by atoms with Crippen LogP contribution in [0.25, 0.3) is 0 Å². The minimum Gasteiger partial charge on any atom is -0.493 e. The van der Waals surface area contributed by atoms with Crippen LogP contribution in [0.2, 0.25) is 5.02 Å². The Bertz CT molecular complexity index is 524. The molecule has 21 heavy (non-hydrogen) atoms. The summed E-state index contributed by atoms with van der Waals surface area (Å²) in [7, 11) is 0. The van der Waals surface area contributed by atoms with E-state index >= 15 is 0 Å². The molecule has 0 radical (unpaired) electrons. The molecule has 4 heteroatoms. The Balaban J connectivity index is 1.75. The second-order valence-electron chi connectivity index (χ2n) is 7.26. The number of hydrogen-bond acceptors (Lipinski definition) is 3. The van der Waals surface area contributed by atoms with Gasteiger partial charge in [-0.3, -0.25) is 4.90 Å². The van der Waals surface area contributed by atoms with E-state index < -0.39 is 0 Å². The molecular weight excluding hydrogens is 284 g/mol. The Morgan fingerprint density at radius 2 is 2.19 bits per heavy atom. The lowest BCUT2D eigenvalue weighted by Gasteiger charge is -2.40. The van der Waals surface area contributed by atoms with Crippen LogP contribution in [-0.2, 0) is 13.0 Å². The van der Waals surface area contributed by atoms with Crippen molar-refractivity contribution in [3.63, 3.8) is 0 Å². The van der Waals surface area contributed by atoms with E-state index in [0.29, 0.717) is 6.04 Å². The molecule has 0 saturated carbocycles. The number of benzene rings is 1. The minimum atomic E-state index is 0.283. The van der Waals surface area contributed by atoms with E-state index in [2.05, 4.69) is 37.1 Å². The number of fused-ring (bicyclic) bond motifs is 1. The van der Waals surface area contributed by atoms with E-state index in [1.807, 2.05) is 6.07 Å². The molecule has 3 rings (SSSR count). The number of hydrogen-bond donors (Lipinski definition) is 1. The lowest BCUT2D eigenvalue weighted by Crippen LogP contribution is -2.55. The molecule has 0 aliphatic carbocycles. The van der Waals surface area contributed by atoms with Crippen molar-refractivity contribution in [1.29, 1.82) is 0 Å². The summed E-state index contributed by atoms with van der Waals surface area (Å²) in [5.41, 5.74) is 2.79. The summed E-state index contributed by atoms with van der Waals surface area (Å²) in [5.74, 6) is 1.07. The molecular formula is C17H25ClN2O. The molecule has 0 aromatic heterocycles. The average molecular weight is 309 g/mol. The third-order valence-electron chi connectivity index (χ3n) is 4.52. The third-order valence-corrected chi connectivity index (χ3v) is 4.74. The van der Waals surface area contributed by atoms with Crippen LogP contribution >= 0.6 is 11.6 Å². The van der Waals surface area contributed by atoms with Gasteiger partial charge in [-0.05, 0) is 23.1 Å². The maximum absolute atomic E-state index is 6.26. The van der Waals surface area contributed by atoms with Gasteiger partial charge in [-0.15, -0.1) is 0 Å². The fraction of sp³-hybridized carbons (Fsp3) is 0.647. The highest BCUT2D eigenvalue weighted by Crippen LogP contribution is 2.34. The molecule has 2 aliphatic heterocycles. The summed E-state index contributed by atoms with van der Waals surface area (Å²) in [6.45, 7) is 11.8. The SMILES string of the molecule is CC(C)(C)C1CN(Cc2cc(Cl)cc3c2OCC3)CCN1. The first-order valence-electron chi connectivity index (χ1n) is 7.83. The largest absolute Gasteiger partial charge is 0.493 e. The summed E-state index contributed by atoms with van der Waals surface area (Å²) in [4.78, 5) is 2.51. The fourth-order valence-electron chi connectivity index (χ4n) is 3.24. The molecule has 2 heterocycles. The summed E-state index contributed by atoms with van der Waals surface area (Å²) >= 11 is 6.26. The van der Waals surface area contributed by atoms with Gasteiger partial charge in [0.15, 0.2) is 0 Å². The number of ether oxygens (including phenoxy) is 1. The maximum Gasteiger partial charge on any atom is 0.127 e. The number of piperazine rings is 1. The standard InChI is InChI=1S/C17H25ClN2O/c1-17(2,3)15-11-20(6-5-19-15)10-13-9-14(18)8-12-4-7-21-16(12)13/h8-9,15,19H,4-7,10-11H2,1-3H3. The molecule has 3 nitrogen and oxygen atoms in total. The van der Waals surface area contributed by atoms with E-state index in [1.54, 1.807) is 0 Å². The number of nitrogens with zero attached hydrogens (tertiary/aromatic N) is 1. The van der Waals surface area contributed by atoms with Crippen LogP contribution in [-0.4, -0.2) is 37.2 Å². The Kier molecular flexibility index (Phi) is 4.17. The van der Waals surface area contributed by atoms with Crippen molar-refractivity contribution in [2.45, 2.75) is 39.8 Å². The monoisotopic (exact) mass is 308 g/mol. The zero-order valence-electron chi connectivity index (χ0n) is 13.2. The fourth-order valence-corrected chi connectivity index (χ4v) is 3.50. The minimum absolute atomic E-state index is 0.283. The predicted octanol–water partition coefficient (Wildman–Crippen LogP) is 3.09. The zero-order valence-corrected chi connectivity index (χ0v) is 14.0. The van der Waals surface area contributed by atoms with E-state index in [0.717, 1.165) is 50.0 Å². The third kappa shape index (κ3) is 3.36. The normalized spacial score (nSPS) is 23.0. The summed E-state index contributed by atoms with van der Waals surface area (Å²) in [6, 6.07) is 4.64. The average Bonchev–Trinajstić information content (AvgIpc) is 2.86. The molecule has 1 unspecified atom stereocenters. The van der Waals surface area contributed by atoms with Crippen LogP contribution in [0.15, 0.2) is 12.1 Å². The Morgan fingerprint density at radius 3 is 2.95 bits per heavy atom. The van der Waals surface area contributed by atoms with Crippen LogP contribution < -0.4 is 10.1 Å². The molecule has 0 amide bonds. The highest BCUT2D eigenvalue weighted by atomic mass is 35.5. The summed E-state index contributed by atoms with van der Waals surface area (Å²) < 4.78 is 5.82. The van der Waals surface area contributed by atoms with Crippen molar-refractivity contribution in [2.24, 2.45) is 5.41 Å². The Hall–Kier alpha value is -0.770. The molecule has 0 spiro atoms. The number of rotatable bonds is 2. The lowest BCUT2D eigenvalue weighted by atomic mass is 9.85. The molecule has 1 N–H and O–H groups in total. The van der Waals surface area contributed by atoms with Crippen molar-refractivity contribution < 1.29 is 4.74 Å². The van der Waals surface area contributed by atoms with Crippen LogP contribution in [0.4, 0.5) is 0 Å². The van der Waals surface area contributed by atoms with Crippen molar-refractivity contribution >= 4 is 11.6 Å². The molecule has 1 atom stereocenters. The Morgan fingerprint density at radius 1 is 1.38 bits per heavy atom. The van der Waals surface area contributed by atoms with Crippen LogP contribution in [0.3, 0.4) is 0 Å². The van der Waals surface area contributed by atoms with Crippen LogP contribution in [0, 0.1) is 5.41 Å². The summed E-state index contributed by atoms with van der Waals surface area (Å²) in [5, 5.41) is 4.47. The summed E-state index contributed by atoms with van der Waals surface area (Å²) in [6.07, 6.45) is 0.981. The molecule has 1 aromatic rings. The van der Waals surface area contributed by atoms with E-state index in [9.17, 15) is 0 Å². The van der Waals surface area contributed by atoms with Crippen molar-refractivity contribution in [1.82, 2.24) is 10.2 Å². The van der Waals surface area contributed by atoms with Gasteiger partial charge >= 0.3 is 0 Å². The highest BCUT2D eigenvalue weighted by molar-refractivity contribution is 6.30. The molecule has 1 saturated heterocycles. The smallest absolute Gasteiger partial charge is 0.127 e. The number of halogens is 1. The van der Waals surface area contributed by atoms with Gasteiger partial charge in [-0.1, -0.05) is 32.4 Å². The van der Waals surface area contributed by atoms with E-state index in [-0.39, 0.29) is 5.41 Å². The van der Waals surface area contributed by atoms with Crippen molar-refractivity contribution in [3.8, 4) is 5.75 Å². The van der Waals surface area contributed by atoms with Gasteiger partial charge in [0.1, 0.15) is 5.75 Å². The zero-order chi connectivity index (χ0) is 15.0. The predicted molar refractivity (Wildman–Crippen MR) is 87.2 cm³/mol. The first kappa shape index (κ1) is 15.1. The molecule has 116 valence electrons. The van der Waals surface area contributed by atoms with Crippen LogP contribution in [0.5, 0.6) is 5.75 Å². The van der Waals surface area contributed by atoms with Gasteiger partial charge < -0.3 is 10.1 Å². The van der Waals surface area contributed by atoms with Gasteiger partial charge in [-0.2, -0.15) is 0 Å². The second-order valence-corrected chi connectivity index (χ2v) is 7.70. The lowest BCUT2D eigenvalue weighted by molar-refractivity contribution is 0.128. The molecule has 1 aromatic carbocycles. The highest BCUT2D eigenvalue weighted by Gasteiger charge is 2.30. The second kappa shape index (κ2) is 5.79. The van der Waals surface area contributed by atoms with Crippen molar-refractivity contribution in [3.05, 3.63) is 28.3 Å². The van der Waals surface area contributed by atoms with E-state index in [1.165, 1.54) is 11.1 Å². The molecule has 0 bridgehead atoms. The van der Waals surface area contributed by atoms with Gasteiger partial charge in [0.25, 0.3) is 0 Å². The first-order valence-corrected chi connectivity index (χ1v) is 8.21. The topological polar surface area (TPSA) is 24.5 Å². The van der Waals surface area contributed by atoms with Crippen LogP contribution in [0.1, 0.15) is 31.9 Å². The molecule has 1 fully saturated rings. The quantitative estimate of drug-likeness (QED) is 0.908. The van der Waals surface area contributed by atoms with E-state index in [4.69, 9.17) is 16.3 Å². The van der Waals surface area contributed by atoms with Gasteiger partial charge in [0.05, 0.1) is 6.61 Å². The molecule has 2 aliphatic rings. The Labute approximate surface area is 132 Å². The first-order chi connectivity index (χ1) is 9.93. The number of nitrogens with one attached hydrogen (secondary N) is 1. The van der Waals surface area contributed by atoms with Gasteiger partial charge in [0, 0.05) is 49.2 Å². The van der Waals surface area contributed by atoms with Crippen molar-refractivity contribution in [2.75, 3.05) is 26.2 Å². The maximum atomic E-state index is 6.26. The van der Waals surface area contributed by atoms with Gasteiger partial charge in [0.2, 0.25) is 0 Å².